The molecule has 0 saturated heterocycles. The van der Waals surface area contributed by atoms with Crippen LogP contribution in [0.15, 0.2) is 30.5 Å². The van der Waals surface area contributed by atoms with Crippen LogP contribution in [-0.4, -0.2) is 33.0 Å². The summed E-state index contributed by atoms with van der Waals surface area (Å²) < 4.78 is 4.69. The molecular weight excluding hydrogens is 324 g/mol. The number of nitro groups is 1. The maximum atomic E-state index is 11.9. The molecule has 9 heteroatoms. The standard InChI is InChI=1S/C14H9ClN4O4/c1-23-13(20)8-6-16-14(15)18-11(8)10-7-4-2-3-5-9(7)17-12(10)19(21)22/h2-6,17H,1H3. The molecule has 8 nitrogen and oxygen atoms in total. The Morgan fingerprint density at radius 3 is 2.83 bits per heavy atom. The molecule has 0 aliphatic carbocycles. The van der Waals surface area contributed by atoms with Crippen LogP contribution in [0.5, 0.6) is 0 Å². The number of hydrogen-bond donors (Lipinski definition) is 1. The van der Waals surface area contributed by atoms with Crippen molar-refractivity contribution in [2.75, 3.05) is 7.11 Å². The lowest BCUT2D eigenvalue weighted by Gasteiger charge is -2.06. The topological polar surface area (TPSA) is 111 Å². The summed E-state index contributed by atoms with van der Waals surface area (Å²) >= 11 is 5.81. The molecule has 23 heavy (non-hydrogen) atoms. The van der Waals surface area contributed by atoms with Gasteiger partial charge in [-0.05, 0) is 28.7 Å². The highest BCUT2D eigenvalue weighted by Crippen LogP contribution is 2.37. The molecule has 3 rings (SSSR count). The smallest absolute Gasteiger partial charge is 0.341 e. The Morgan fingerprint density at radius 1 is 1.39 bits per heavy atom. The molecule has 1 aromatic carbocycles. The first-order valence-corrected chi connectivity index (χ1v) is 6.77. The SMILES string of the molecule is COC(=O)c1cnc(Cl)nc1-c1c([N+](=O)[O-])[nH]c2ccccc12. The lowest BCUT2D eigenvalue weighted by Crippen LogP contribution is -2.07. The van der Waals surface area contributed by atoms with Gasteiger partial charge in [-0.3, -0.25) is 0 Å². The van der Waals surface area contributed by atoms with Gasteiger partial charge in [-0.1, -0.05) is 12.1 Å². The summed E-state index contributed by atoms with van der Waals surface area (Å²) in [6.45, 7) is 0. The zero-order chi connectivity index (χ0) is 16.6. The van der Waals surface area contributed by atoms with Crippen LogP contribution in [0, 0.1) is 10.1 Å². The van der Waals surface area contributed by atoms with Crippen molar-refractivity contribution in [2.45, 2.75) is 0 Å². The molecule has 3 aromatic rings. The minimum absolute atomic E-state index is 0.00949. The van der Waals surface area contributed by atoms with Gasteiger partial charge in [0, 0.05) is 11.6 Å². The highest BCUT2D eigenvalue weighted by molar-refractivity contribution is 6.28. The van der Waals surface area contributed by atoms with E-state index in [2.05, 4.69) is 19.7 Å². The minimum atomic E-state index is -0.712. The van der Waals surface area contributed by atoms with Gasteiger partial charge in [-0.2, -0.15) is 0 Å². The number of aromatic nitrogens is 3. The maximum absolute atomic E-state index is 11.9. The van der Waals surface area contributed by atoms with E-state index in [1.807, 2.05) is 0 Å². The number of fused-ring (bicyclic) bond motifs is 1. The molecule has 2 heterocycles. The van der Waals surface area contributed by atoms with Crippen molar-refractivity contribution < 1.29 is 14.5 Å². The zero-order valence-corrected chi connectivity index (χ0v) is 12.5. The van der Waals surface area contributed by atoms with E-state index in [0.29, 0.717) is 10.9 Å². The van der Waals surface area contributed by atoms with E-state index in [1.165, 1.54) is 13.3 Å². The molecule has 0 spiro atoms. The number of benzene rings is 1. The monoisotopic (exact) mass is 332 g/mol. The van der Waals surface area contributed by atoms with Crippen LogP contribution in [0.25, 0.3) is 22.2 Å². The van der Waals surface area contributed by atoms with Crippen molar-refractivity contribution in [1.82, 2.24) is 15.0 Å². The number of nitrogens with zero attached hydrogens (tertiary/aromatic N) is 3. The number of halogens is 1. The lowest BCUT2D eigenvalue weighted by molar-refractivity contribution is -0.388. The number of esters is 1. The fraction of sp³-hybridized carbons (Fsp3) is 0.0714. The molecule has 0 bridgehead atoms. The lowest BCUT2D eigenvalue weighted by atomic mass is 10.1. The second-order valence-electron chi connectivity index (χ2n) is 4.54. The first-order chi connectivity index (χ1) is 11.0. The average molecular weight is 333 g/mol. The Balaban J connectivity index is 2.41. The number of para-hydroxylation sites is 1. The highest BCUT2D eigenvalue weighted by atomic mass is 35.5. The summed E-state index contributed by atoms with van der Waals surface area (Å²) in [6.07, 6.45) is 1.18. The molecule has 0 atom stereocenters. The van der Waals surface area contributed by atoms with E-state index >= 15 is 0 Å². The van der Waals surface area contributed by atoms with Crippen molar-refractivity contribution in [3.05, 3.63) is 51.4 Å². The number of H-pyrrole nitrogens is 1. The van der Waals surface area contributed by atoms with Crippen LogP contribution in [0.3, 0.4) is 0 Å². The van der Waals surface area contributed by atoms with Crippen LogP contribution < -0.4 is 0 Å². The van der Waals surface area contributed by atoms with Crippen molar-refractivity contribution in [3.63, 3.8) is 0 Å². The summed E-state index contributed by atoms with van der Waals surface area (Å²) in [5, 5.41) is 11.8. The van der Waals surface area contributed by atoms with E-state index in [4.69, 9.17) is 11.6 Å². The number of hydrogen-bond acceptors (Lipinski definition) is 6. The number of aromatic amines is 1. The van der Waals surface area contributed by atoms with Gasteiger partial charge in [0.1, 0.15) is 16.6 Å². The molecule has 0 aliphatic heterocycles. The van der Waals surface area contributed by atoms with E-state index in [9.17, 15) is 14.9 Å². The molecule has 0 amide bonds. The zero-order valence-electron chi connectivity index (χ0n) is 11.7. The number of methoxy groups -OCH3 is 1. The van der Waals surface area contributed by atoms with E-state index < -0.39 is 10.9 Å². The van der Waals surface area contributed by atoms with E-state index in [1.54, 1.807) is 24.3 Å². The van der Waals surface area contributed by atoms with Gasteiger partial charge in [0.15, 0.2) is 0 Å². The molecule has 2 aromatic heterocycles. The second-order valence-corrected chi connectivity index (χ2v) is 4.88. The molecule has 0 radical (unpaired) electrons. The van der Waals surface area contributed by atoms with Crippen LogP contribution in [0.4, 0.5) is 5.82 Å². The van der Waals surface area contributed by atoms with Crippen LogP contribution in [0.1, 0.15) is 10.4 Å². The first-order valence-electron chi connectivity index (χ1n) is 6.39. The number of rotatable bonds is 3. The normalized spacial score (nSPS) is 10.7. The van der Waals surface area contributed by atoms with Crippen molar-refractivity contribution in [3.8, 4) is 11.3 Å². The molecule has 0 unspecified atom stereocenters. The molecule has 116 valence electrons. The van der Waals surface area contributed by atoms with Crippen LogP contribution in [-0.2, 0) is 4.74 Å². The highest BCUT2D eigenvalue weighted by Gasteiger charge is 2.27. The predicted octanol–water partition coefficient (Wildman–Crippen LogP) is 2.97. The van der Waals surface area contributed by atoms with Crippen LogP contribution in [0.2, 0.25) is 5.28 Å². The van der Waals surface area contributed by atoms with E-state index in [-0.39, 0.29) is 27.9 Å². The van der Waals surface area contributed by atoms with Crippen LogP contribution >= 0.6 is 11.6 Å². The second kappa shape index (κ2) is 5.65. The molecule has 0 saturated carbocycles. The fourth-order valence-electron chi connectivity index (χ4n) is 2.31. The van der Waals surface area contributed by atoms with E-state index in [0.717, 1.165) is 0 Å². The molecule has 1 N–H and O–H groups in total. The van der Waals surface area contributed by atoms with Gasteiger partial charge in [-0.15, -0.1) is 0 Å². The predicted molar refractivity (Wildman–Crippen MR) is 82.3 cm³/mol. The Labute approximate surface area is 134 Å². The van der Waals surface area contributed by atoms with Crippen molar-refractivity contribution in [1.29, 1.82) is 0 Å². The average Bonchev–Trinajstić information content (AvgIpc) is 2.93. The first kappa shape index (κ1) is 14.9. The van der Waals surface area contributed by atoms with Gasteiger partial charge >= 0.3 is 11.8 Å². The summed E-state index contributed by atoms with van der Waals surface area (Å²) in [6, 6.07) is 6.84. The summed E-state index contributed by atoms with van der Waals surface area (Å²) in [5.41, 5.74) is 0.737. The number of nitrogens with one attached hydrogen (secondary N) is 1. The number of carbonyl (C=O) groups excluding carboxylic acids is 1. The summed E-state index contributed by atoms with van der Waals surface area (Å²) in [7, 11) is 1.20. The van der Waals surface area contributed by atoms with Crippen molar-refractivity contribution in [2.24, 2.45) is 0 Å². The Morgan fingerprint density at radius 2 is 2.13 bits per heavy atom. The third-order valence-corrected chi connectivity index (χ3v) is 3.45. The van der Waals surface area contributed by atoms with Crippen molar-refractivity contribution >= 4 is 34.3 Å². The Kier molecular flexibility index (Phi) is 3.67. The molecule has 0 aliphatic rings. The number of ether oxygens (including phenoxy) is 1. The Bertz CT molecular complexity index is 938. The largest absolute Gasteiger partial charge is 0.465 e. The van der Waals surface area contributed by atoms with Gasteiger partial charge in [-0.25, -0.2) is 19.7 Å². The van der Waals surface area contributed by atoms with Gasteiger partial charge in [0.25, 0.3) is 0 Å². The Hall–Kier alpha value is -3.00. The fourth-order valence-corrected chi connectivity index (χ4v) is 2.45. The minimum Gasteiger partial charge on any atom is -0.465 e. The number of carbonyl (C=O) groups is 1. The summed E-state index contributed by atoms with van der Waals surface area (Å²) in [5.74, 6) is -0.998. The maximum Gasteiger partial charge on any atom is 0.341 e. The quantitative estimate of drug-likeness (QED) is 0.341. The summed E-state index contributed by atoms with van der Waals surface area (Å²) in [4.78, 5) is 33.2. The van der Waals surface area contributed by atoms with Gasteiger partial charge in [0.2, 0.25) is 5.28 Å². The molecule has 0 fully saturated rings. The van der Waals surface area contributed by atoms with Gasteiger partial charge < -0.3 is 14.9 Å². The van der Waals surface area contributed by atoms with Gasteiger partial charge in [0.05, 0.1) is 12.8 Å². The molecular formula is C14H9ClN4O4. The third kappa shape index (κ3) is 2.49. The third-order valence-electron chi connectivity index (χ3n) is 3.27.